The van der Waals surface area contributed by atoms with Gasteiger partial charge in [-0.3, -0.25) is 0 Å². The van der Waals surface area contributed by atoms with Crippen molar-refractivity contribution in [3.05, 3.63) is 0 Å². The van der Waals surface area contributed by atoms with Gasteiger partial charge in [-0.15, -0.1) is 0 Å². The maximum absolute atomic E-state index is 5.30. The van der Waals surface area contributed by atoms with E-state index >= 15 is 0 Å². The van der Waals surface area contributed by atoms with E-state index < -0.39 is 0 Å². The van der Waals surface area contributed by atoms with E-state index in [1.807, 2.05) is 6.92 Å². The minimum Gasteiger partial charge on any atom is -0.380 e. The third-order valence-corrected chi connectivity index (χ3v) is 2.62. The molecule has 0 unspecified atom stereocenters. The van der Waals surface area contributed by atoms with Gasteiger partial charge in [0.25, 0.3) is 0 Å². The lowest BCUT2D eigenvalue weighted by molar-refractivity contribution is 0.122. The molecule has 0 aromatic carbocycles. The summed E-state index contributed by atoms with van der Waals surface area (Å²) in [6.45, 7) is 8.22. The van der Waals surface area contributed by atoms with Gasteiger partial charge in [0, 0.05) is 26.2 Å². The van der Waals surface area contributed by atoms with Crippen LogP contribution in [0.2, 0.25) is 0 Å². The van der Waals surface area contributed by atoms with E-state index in [-0.39, 0.29) is 0 Å². The monoisotopic (exact) mass is 200 g/mol. The molecular weight excluding hydrogens is 176 g/mol. The summed E-state index contributed by atoms with van der Waals surface area (Å²) in [7, 11) is 2.15. The number of ether oxygens (including phenoxy) is 1. The van der Waals surface area contributed by atoms with Gasteiger partial charge in [0.1, 0.15) is 0 Å². The van der Waals surface area contributed by atoms with Gasteiger partial charge >= 0.3 is 0 Å². The number of nitrogens with zero attached hydrogens (tertiary/aromatic N) is 1. The summed E-state index contributed by atoms with van der Waals surface area (Å²) in [6.07, 6.45) is 2.88. The first-order chi connectivity index (χ1) is 6.83. The lowest BCUT2D eigenvalue weighted by Gasteiger charge is -2.16. The van der Waals surface area contributed by atoms with Gasteiger partial charge in [0.2, 0.25) is 0 Å². The molecule has 0 atom stereocenters. The molecule has 0 aliphatic heterocycles. The van der Waals surface area contributed by atoms with Crippen LogP contribution in [0.1, 0.15) is 19.8 Å². The highest BCUT2D eigenvalue weighted by Gasteiger charge is 2.19. The minimum atomic E-state index is 0.827. The highest BCUT2D eigenvalue weighted by atomic mass is 16.5. The molecular formula is C11H24N2O. The second-order valence-electron chi connectivity index (χ2n) is 4.15. The average Bonchev–Trinajstić information content (AvgIpc) is 2.97. The molecule has 0 bridgehead atoms. The number of hydrogen-bond donors (Lipinski definition) is 1. The van der Waals surface area contributed by atoms with E-state index in [1.54, 1.807) is 0 Å². The van der Waals surface area contributed by atoms with Gasteiger partial charge in [-0.1, -0.05) is 0 Å². The van der Waals surface area contributed by atoms with Crippen LogP contribution in [0, 0.1) is 5.92 Å². The molecule has 3 nitrogen and oxygen atoms in total. The molecule has 1 rings (SSSR count). The molecule has 0 aromatic rings. The van der Waals surface area contributed by atoms with E-state index in [1.165, 1.54) is 19.4 Å². The number of rotatable bonds is 9. The first-order valence-corrected chi connectivity index (χ1v) is 5.80. The Kier molecular flexibility index (Phi) is 6.15. The molecule has 1 aliphatic carbocycles. The molecule has 0 heterocycles. The molecule has 0 saturated heterocycles. The SMILES string of the molecule is CCOCCN(C)CCNCC1CC1. The van der Waals surface area contributed by atoms with Crippen LogP contribution in [0.25, 0.3) is 0 Å². The van der Waals surface area contributed by atoms with Crippen molar-refractivity contribution in [3.63, 3.8) is 0 Å². The second-order valence-corrected chi connectivity index (χ2v) is 4.15. The average molecular weight is 200 g/mol. The second kappa shape index (κ2) is 7.21. The molecule has 1 fully saturated rings. The van der Waals surface area contributed by atoms with Crippen molar-refractivity contribution in [2.24, 2.45) is 5.92 Å². The van der Waals surface area contributed by atoms with E-state index in [0.717, 1.165) is 38.8 Å². The summed E-state index contributed by atoms with van der Waals surface area (Å²) >= 11 is 0. The van der Waals surface area contributed by atoms with Crippen molar-refractivity contribution in [3.8, 4) is 0 Å². The van der Waals surface area contributed by atoms with Crippen LogP contribution in [-0.2, 0) is 4.74 Å². The fourth-order valence-electron chi connectivity index (χ4n) is 1.37. The summed E-state index contributed by atoms with van der Waals surface area (Å²) < 4.78 is 5.30. The Bertz CT molecular complexity index is 137. The molecule has 14 heavy (non-hydrogen) atoms. The van der Waals surface area contributed by atoms with Gasteiger partial charge in [-0.2, -0.15) is 0 Å². The van der Waals surface area contributed by atoms with Crippen LogP contribution in [-0.4, -0.2) is 51.3 Å². The standard InChI is InChI=1S/C11H24N2O/c1-3-14-9-8-13(2)7-6-12-10-11-4-5-11/h11-12H,3-10H2,1-2H3. The van der Waals surface area contributed by atoms with Crippen molar-refractivity contribution in [2.75, 3.05) is 46.4 Å². The van der Waals surface area contributed by atoms with Crippen LogP contribution in [0.4, 0.5) is 0 Å². The van der Waals surface area contributed by atoms with Crippen molar-refractivity contribution in [1.82, 2.24) is 10.2 Å². The Morgan fingerprint density at radius 3 is 2.79 bits per heavy atom. The summed E-state index contributed by atoms with van der Waals surface area (Å²) in [5, 5.41) is 3.49. The summed E-state index contributed by atoms with van der Waals surface area (Å²) in [6, 6.07) is 0. The van der Waals surface area contributed by atoms with E-state index in [2.05, 4.69) is 17.3 Å². The van der Waals surface area contributed by atoms with Crippen molar-refractivity contribution >= 4 is 0 Å². The lowest BCUT2D eigenvalue weighted by Crippen LogP contribution is -2.32. The molecule has 84 valence electrons. The molecule has 0 amide bonds. The van der Waals surface area contributed by atoms with Crippen LogP contribution >= 0.6 is 0 Å². The summed E-state index contributed by atoms with van der Waals surface area (Å²) in [5.74, 6) is 0.990. The maximum atomic E-state index is 5.30. The quantitative estimate of drug-likeness (QED) is 0.561. The Morgan fingerprint density at radius 1 is 1.36 bits per heavy atom. The highest BCUT2D eigenvalue weighted by molar-refractivity contribution is 4.75. The fraction of sp³-hybridized carbons (Fsp3) is 1.00. The number of likely N-dealkylation sites (N-methyl/N-ethyl adjacent to an activating group) is 1. The molecule has 1 N–H and O–H groups in total. The molecule has 0 spiro atoms. The zero-order valence-electron chi connectivity index (χ0n) is 9.59. The van der Waals surface area contributed by atoms with Crippen molar-refractivity contribution in [2.45, 2.75) is 19.8 Å². The minimum absolute atomic E-state index is 0.827. The van der Waals surface area contributed by atoms with Gasteiger partial charge in [0.05, 0.1) is 6.61 Å². The predicted molar refractivity (Wildman–Crippen MR) is 59.6 cm³/mol. The first-order valence-electron chi connectivity index (χ1n) is 5.80. The lowest BCUT2D eigenvalue weighted by atomic mass is 10.4. The van der Waals surface area contributed by atoms with Gasteiger partial charge in [0.15, 0.2) is 0 Å². The predicted octanol–water partition coefficient (Wildman–Crippen LogP) is 0.954. The number of hydrogen-bond acceptors (Lipinski definition) is 3. The molecule has 1 aliphatic rings. The Morgan fingerprint density at radius 2 is 2.14 bits per heavy atom. The zero-order chi connectivity index (χ0) is 10.2. The van der Waals surface area contributed by atoms with Crippen molar-refractivity contribution < 1.29 is 4.74 Å². The third-order valence-electron chi connectivity index (χ3n) is 2.62. The van der Waals surface area contributed by atoms with E-state index in [0.29, 0.717) is 0 Å². The van der Waals surface area contributed by atoms with Crippen LogP contribution < -0.4 is 5.32 Å². The maximum Gasteiger partial charge on any atom is 0.0593 e. The van der Waals surface area contributed by atoms with Crippen LogP contribution in [0.5, 0.6) is 0 Å². The van der Waals surface area contributed by atoms with E-state index in [4.69, 9.17) is 4.74 Å². The van der Waals surface area contributed by atoms with Gasteiger partial charge in [-0.05, 0) is 39.3 Å². The van der Waals surface area contributed by atoms with Gasteiger partial charge in [-0.25, -0.2) is 0 Å². The first kappa shape index (κ1) is 12.0. The Hall–Kier alpha value is -0.120. The largest absolute Gasteiger partial charge is 0.380 e. The fourth-order valence-corrected chi connectivity index (χ4v) is 1.37. The van der Waals surface area contributed by atoms with Crippen molar-refractivity contribution in [1.29, 1.82) is 0 Å². The summed E-state index contributed by atoms with van der Waals surface area (Å²) in [5.41, 5.74) is 0. The Labute approximate surface area is 87.8 Å². The third kappa shape index (κ3) is 6.35. The Balaban J connectivity index is 1.78. The normalized spacial score (nSPS) is 16.5. The smallest absolute Gasteiger partial charge is 0.0593 e. The topological polar surface area (TPSA) is 24.5 Å². The highest BCUT2D eigenvalue weighted by Crippen LogP contribution is 2.27. The molecule has 1 saturated carbocycles. The molecule has 3 heteroatoms. The number of nitrogens with one attached hydrogen (secondary N) is 1. The van der Waals surface area contributed by atoms with E-state index in [9.17, 15) is 0 Å². The zero-order valence-corrected chi connectivity index (χ0v) is 9.59. The van der Waals surface area contributed by atoms with Gasteiger partial charge < -0.3 is 15.0 Å². The molecule has 0 aromatic heterocycles. The molecule has 0 radical (unpaired) electrons. The van der Waals surface area contributed by atoms with Crippen LogP contribution in [0.3, 0.4) is 0 Å². The van der Waals surface area contributed by atoms with Crippen LogP contribution in [0.15, 0.2) is 0 Å². The summed E-state index contributed by atoms with van der Waals surface area (Å²) in [4.78, 5) is 2.32.